The van der Waals surface area contributed by atoms with Gasteiger partial charge in [0.15, 0.2) is 5.82 Å². The number of anilines is 1. The fourth-order valence-electron chi connectivity index (χ4n) is 7.98. The number of nitrogen functional groups attached to an aromatic ring is 1. The van der Waals surface area contributed by atoms with E-state index in [0.29, 0.717) is 56.7 Å². The van der Waals surface area contributed by atoms with E-state index in [9.17, 15) is 40.7 Å². The van der Waals surface area contributed by atoms with Crippen LogP contribution in [0.1, 0.15) is 61.3 Å². The molecule has 2 amide bonds. The Bertz CT molecular complexity index is 1790. The normalized spacial score (nSPS) is 19.5. The van der Waals surface area contributed by atoms with Gasteiger partial charge < -0.3 is 20.4 Å². The van der Waals surface area contributed by atoms with Crippen LogP contribution in [0, 0.1) is 5.92 Å². The maximum atomic E-state index is 14.1. The number of halogens is 6. The molecule has 17 heteroatoms. The summed E-state index contributed by atoms with van der Waals surface area (Å²) < 4.78 is 84.9. The van der Waals surface area contributed by atoms with Crippen LogP contribution in [-0.4, -0.2) is 112 Å². The zero-order chi connectivity index (χ0) is 38.8. The number of likely N-dealkylation sites (tertiary alicyclic amines) is 2. The van der Waals surface area contributed by atoms with E-state index in [2.05, 4.69) is 26.9 Å². The molecule has 294 valence electrons. The summed E-state index contributed by atoms with van der Waals surface area (Å²) >= 11 is 0. The van der Waals surface area contributed by atoms with Gasteiger partial charge in [-0.15, -0.1) is 5.10 Å². The summed E-state index contributed by atoms with van der Waals surface area (Å²) in [5, 5.41) is 4.46. The van der Waals surface area contributed by atoms with Gasteiger partial charge in [-0.1, -0.05) is 30.3 Å². The Morgan fingerprint density at radius 1 is 0.833 bits per heavy atom. The lowest BCUT2D eigenvalue weighted by molar-refractivity contribution is -0.143. The maximum absolute atomic E-state index is 14.1. The van der Waals surface area contributed by atoms with Crippen molar-refractivity contribution in [3.8, 4) is 11.4 Å². The monoisotopic (exact) mass is 764 g/mol. The van der Waals surface area contributed by atoms with Gasteiger partial charge in [0.1, 0.15) is 0 Å². The average molecular weight is 765 g/mol. The van der Waals surface area contributed by atoms with Crippen molar-refractivity contribution in [3.05, 3.63) is 69.6 Å². The number of H-pyrrole nitrogens is 1. The number of nitrogens with two attached hydrogens (primary N) is 1. The molecule has 11 nitrogen and oxygen atoms in total. The Morgan fingerprint density at radius 3 is 2.04 bits per heavy atom. The lowest BCUT2D eigenvalue weighted by Gasteiger charge is -2.39. The molecule has 0 aliphatic carbocycles. The Balaban J connectivity index is 1.18. The smallest absolute Gasteiger partial charge is 0.398 e. The number of aromatic nitrogens is 3. The molecule has 6 rings (SSSR count). The minimum absolute atomic E-state index is 0.221. The van der Waals surface area contributed by atoms with Crippen LogP contribution < -0.4 is 11.4 Å². The van der Waals surface area contributed by atoms with Crippen LogP contribution in [0.2, 0.25) is 0 Å². The van der Waals surface area contributed by atoms with E-state index in [4.69, 9.17) is 5.73 Å². The highest BCUT2D eigenvalue weighted by molar-refractivity contribution is 5.86. The lowest BCUT2D eigenvalue weighted by atomic mass is 9.90. The second kappa shape index (κ2) is 16.2. The molecule has 0 saturated carbocycles. The van der Waals surface area contributed by atoms with Crippen molar-refractivity contribution in [1.82, 2.24) is 34.4 Å². The van der Waals surface area contributed by atoms with Gasteiger partial charge in [-0.25, -0.2) is 9.48 Å². The highest BCUT2D eigenvalue weighted by atomic mass is 19.4. The summed E-state index contributed by atoms with van der Waals surface area (Å²) in [6.45, 7) is 4.91. The van der Waals surface area contributed by atoms with E-state index in [1.165, 1.54) is 9.58 Å². The van der Waals surface area contributed by atoms with Crippen molar-refractivity contribution in [2.45, 2.75) is 69.4 Å². The fraction of sp³-hybridized carbons (Fsp3) is 0.568. The van der Waals surface area contributed by atoms with Gasteiger partial charge in [-0.3, -0.25) is 19.5 Å². The van der Waals surface area contributed by atoms with Crippen molar-refractivity contribution in [1.29, 1.82) is 0 Å². The van der Waals surface area contributed by atoms with Gasteiger partial charge in [0.05, 0.1) is 28.8 Å². The summed E-state index contributed by atoms with van der Waals surface area (Å²) in [5.41, 5.74) is 0.632. The summed E-state index contributed by atoms with van der Waals surface area (Å²) in [4.78, 5) is 51.3. The fourth-order valence-corrected chi connectivity index (χ4v) is 7.98. The van der Waals surface area contributed by atoms with E-state index >= 15 is 0 Å². The second-order valence-corrected chi connectivity index (χ2v) is 14.7. The van der Waals surface area contributed by atoms with E-state index in [1.54, 1.807) is 4.90 Å². The highest BCUT2D eigenvalue weighted by Gasteiger charge is 2.42. The molecule has 4 heterocycles. The summed E-state index contributed by atoms with van der Waals surface area (Å²) in [5.74, 6) is -1.74. The molecule has 3 aliphatic heterocycles. The molecule has 3 aromatic rings. The molecule has 2 aromatic carbocycles. The number of aromatic amines is 1. The van der Waals surface area contributed by atoms with Crippen LogP contribution in [0.15, 0.2) is 47.3 Å². The first-order valence-electron chi connectivity index (χ1n) is 18.4. The number of piperidine rings is 2. The third-order valence-corrected chi connectivity index (χ3v) is 11.0. The van der Waals surface area contributed by atoms with Crippen LogP contribution in [-0.2, 0) is 28.4 Å². The topological polar surface area (TPSA) is 124 Å². The van der Waals surface area contributed by atoms with Crippen LogP contribution >= 0.6 is 0 Å². The number of nitrogens with one attached hydrogen (secondary N) is 1. The van der Waals surface area contributed by atoms with E-state index in [1.807, 2.05) is 30.3 Å². The number of hydrogen-bond donors (Lipinski definition) is 2. The predicted molar refractivity (Wildman–Crippen MR) is 189 cm³/mol. The number of nitrogens with zero attached hydrogens (tertiary/aromatic N) is 6. The van der Waals surface area contributed by atoms with E-state index in [0.717, 1.165) is 38.2 Å². The largest absolute Gasteiger partial charge is 0.418 e. The number of benzene rings is 2. The first-order valence-corrected chi connectivity index (χ1v) is 18.4. The maximum Gasteiger partial charge on any atom is 0.418 e. The number of amides is 2. The zero-order valence-electron chi connectivity index (χ0n) is 30.1. The molecule has 0 radical (unpaired) electrons. The zero-order valence-corrected chi connectivity index (χ0v) is 30.1. The number of rotatable bonds is 8. The Kier molecular flexibility index (Phi) is 11.8. The molecule has 3 aliphatic rings. The molecule has 3 N–H and O–H groups in total. The number of carbonyl (C=O) groups is 2. The summed E-state index contributed by atoms with van der Waals surface area (Å²) in [6.07, 6.45) is -8.17. The number of carbonyl (C=O) groups excluding carboxylic acids is 2. The van der Waals surface area contributed by atoms with E-state index < -0.39 is 65.4 Å². The Morgan fingerprint density at radius 2 is 1.43 bits per heavy atom. The van der Waals surface area contributed by atoms with Crippen molar-refractivity contribution in [2.24, 2.45) is 5.92 Å². The third-order valence-electron chi connectivity index (χ3n) is 11.0. The Labute approximate surface area is 309 Å². The summed E-state index contributed by atoms with van der Waals surface area (Å²) in [6, 6.07) is 10.2. The minimum atomic E-state index is -5.18. The second-order valence-electron chi connectivity index (χ2n) is 14.7. The summed E-state index contributed by atoms with van der Waals surface area (Å²) in [7, 11) is 2.08. The molecule has 3 fully saturated rings. The van der Waals surface area contributed by atoms with Crippen LogP contribution in [0.25, 0.3) is 11.4 Å². The van der Waals surface area contributed by atoms with Gasteiger partial charge in [0.2, 0.25) is 11.8 Å². The molecule has 0 bridgehead atoms. The molecule has 1 atom stereocenters. The van der Waals surface area contributed by atoms with Gasteiger partial charge in [0.25, 0.3) is 0 Å². The predicted octanol–water partition coefficient (Wildman–Crippen LogP) is 4.90. The van der Waals surface area contributed by atoms with Crippen molar-refractivity contribution in [2.75, 3.05) is 65.1 Å². The first-order chi connectivity index (χ1) is 25.6. The van der Waals surface area contributed by atoms with Gasteiger partial charge in [-0.2, -0.15) is 26.3 Å². The molecule has 0 spiro atoms. The van der Waals surface area contributed by atoms with Crippen LogP contribution in [0.3, 0.4) is 0 Å². The molecule has 54 heavy (non-hydrogen) atoms. The van der Waals surface area contributed by atoms with Crippen molar-refractivity contribution < 1.29 is 35.9 Å². The molecule has 0 unspecified atom stereocenters. The number of likely N-dealkylation sites (N-methyl/N-ethyl adjacent to an activating group) is 1. The molecular formula is C37H46F6N8O3. The van der Waals surface area contributed by atoms with E-state index in [-0.39, 0.29) is 30.7 Å². The van der Waals surface area contributed by atoms with Crippen LogP contribution in [0.5, 0.6) is 0 Å². The molecular weight excluding hydrogens is 718 g/mol. The highest BCUT2D eigenvalue weighted by Crippen LogP contribution is 2.42. The lowest BCUT2D eigenvalue weighted by Crippen LogP contribution is -2.50. The van der Waals surface area contributed by atoms with Gasteiger partial charge in [-0.05, 0) is 76.4 Å². The first kappa shape index (κ1) is 39.3. The SMILES string of the molecule is CN1CCCN(C2CCN(C(=O)[C@H](CC(=O)N3CCC(n4nc(-c5ccccc5)[nH]c4=O)CC3)Cc3cc(C(F)(F)F)c(N)c(C(F)(F)F)c3)CC2)CC1. The van der Waals surface area contributed by atoms with Crippen molar-refractivity contribution in [3.63, 3.8) is 0 Å². The quantitative estimate of drug-likeness (QED) is 0.247. The van der Waals surface area contributed by atoms with Crippen LogP contribution in [0.4, 0.5) is 32.0 Å². The Hall–Kier alpha value is -4.38. The molecule has 1 aromatic heterocycles. The minimum Gasteiger partial charge on any atom is -0.398 e. The number of alkyl halides is 6. The van der Waals surface area contributed by atoms with Gasteiger partial charge >= 0.3 is 18.0 Å². The average Bonchev–Trinajstić information content (AvgIpc) is 3.40. The van der Waals surface area contributed by atoms with Gasteiger partial charge in [0, 0.05) is 57.3 Å². The standard InChI is InChI=1S/C37H46F6N8O3/c1-47-12-5-13-48(19-18-47)27-8-16-50(17-9-27)34(53)26(20-24-21-29(36(38,39)40)32(44)30(22-24)37(41,42)43)23-31(52)49-14-10-28(11-15-49)51-35(54)45-33(46-51)25-6-3-2-4-7-25/h2-4,6-7,21-22,26-28H,5,8-20,23,44H2,1H3,(H,45,46,54)/t26-/m0/s1. The third kappa shape index (κ3) is 9.10. The number of hydrogen-bond acceptors (Lipinski definition) is 7. The van der Waals surface area contributed by atoms with Crippen molar-refractivity contribution >= 4 is 17.5 Å². The molecule has 3 saturated heterocycles.